The van der Waals surface area contributed by atoms with Gasteiger partial charge in [0.05, 0.1) is 13.7 Å². The van der Waals surface area contributed by atoms with Gasteiger partial charge in [-0.2, -0.15) is 0 Å². The zero-order chi connectivity index (χ0) is 26.4. The summed E-state index contributed by atoms with van der Waals surface area (Å²) in [6.07, 6.45) is -3.26. The van der Waals surface area contributed by atoms with Crippen molar-refractivity contribution in [2.75, 3.05) is 44.1 Å². The topological polar surface area (TPSA) is 175 Å². The summed E-state index contributed by atoms with van der Waals surface area (Å²) in [7, 11) is 2.67. The molecule has 1 heterocycles. The predicted molar refractivity (Wildman–Crippen MR) is 130 cm³/mol. The van der Waals surface area contributed by atoms with Gasteiger partial charge in [-0.05, 0) is 42.5 Å². The first-order valence-electron chi connectivity index (χ1n) is 10.9. The second-order valence-electron chi connectivity index (χ2n) is 7.99. The molecule has 2 atom stereocenters. The highest BCUT2D eigenvalue weighted by Gasteiger charge is 2.39. The van der Waals surface area contributed by atoms with E-state index in [0.29, 0.717) is 16.9 Å². The van der Waals surface area contributed by atoms with Gasteiger partial charge in [0.15, 0.2) is 12.2 Å². The molecular weight excluding hydrogens is 470 g/mol. The molecule has 0 radical (unpaired) electrons. The number of hydrogen-bond donors (Lipinski definition) is 4. The number of nitrogens with two attached hydrogens (primary N) is 1. The van der Waals surface area contributed by atoms with Gasteiger partial charge >= 0.3 is 5.97 Å². The number of ether oxygens (including phenoxy) is 2. The number of nitrogens with one attached hydrogen (secondary N) is 2. The van der Waals surface area contributed by atoms with Gasteiger partial charge in [0.2, 0.25) is 0 Å². The highest BCUT2D eigenvalue weighted by molar-refractivity contribution is 6.05. The fraction of sp³-hybridized carbons (Fsp3) is 0.292. The number of aliphatic hydroxyl groups excluding tert-OH is 1. The Morgan fingerprint density at radius 2 is 1.94 bits per heavy atom. The Labute approximate surface area is 207 Å². The third-order valence-corrected chi connectivity index (χ3v) is 5.49. The molecule has 1 aliphatic heterocycles. The highest BCUT2D eigenvalue weighted by atomic mass is 16.5. The van der Waals surface area contributed by atoms with Crippen LogP contribution in [-0.4, -0.2) is 85.6 Å². The molecule has 3 rings (SSSR count). The third kappa shape index (κ3) is 6.03. The zero-order valence-electron chi connectivity index (χ0n) is 19.8. The van der Waals surface area contributed by atoms with Crippen LogP contribution < -0.4 is 16.0 Å². The molecule has 0 saturated carbocycles. The molecule has 1 saturated heterocycles. The molecule has 0 unspecified atom stereocenters. The van der Waals surface area contributed by atoms with Crippen molar-refractivity contribution in [1.82, 2.24) is 4.90 Å². The summed E-state index contributed by atoms with van der Waals surface area (Å²) in [6, 6.07) is 12.3. The SMILES string of the molecule is COC(=O)CN(C)C(=O)c1cccc(N2CCO[C@H]([C@@H](O)C(=O)Nc3ccc(C(=N)N)cc3)C2=O)c1. The molecule has 0 aromatic heterocycles. The van der Waals surface area contributed by atoms with Crippen LogP contribution in [0.1, 0.15) is 15.9 Å². The number of esters is 1. The van der Waals surface area contributed by atoms with Crippen molar-refractivity contribution >= 4 is 40.9 Å². The van der Waals surface area contributed by atoms with E-state index in [-0.39, 0.29) is 31.1 Å². The van der Waals surface area contributed by atoms with Gasteiger partial charge in [0.25, 0.3) is 17.7 Å². The maximum Gasteiger partial charge on any atom is 0.325 e. The zero-order valence-corrected chi connectivity index (χ0v) is 19.8. The molecule has 2 aromatic rings. The Balaban J connectivity index is 1.71. The van der Waals surface area contributed by atoms with E-state index in [4.69, 9.17) is 15.9 Å². The molecular formula is C24H27N5O7. The number of carbonyl (C=O) groups excluding carboxylic acids is 4. The van der Waals surface area contributed by atoms with E-state index in [9.17, 15) is 24.3 Å². The minimum absolute atomic E-state index is 0.0501. The number of rotatable bonds is 8. The monoisotopic (exact) mass is 497 g/mol. The van der Waals surface area contributed by atoms with E-state index < -0.39 is 35.9 Å². The Morgan fingerprint density at radius 1 is 1.25 bits per heavy atom. The number of amides is 3. The summed E-state index contributed by atoms with van der Waals surface area (Å²) in [5.74, 6) is -2.65. The van der Waals surface area contributed by atoms with Gasteiger partial charge in [-0.1, -0.05) is 6.07 Å². The lowest BCUT2D eigenvalue weighted by Gasteiger charge is -2.34. The number of hydrogen-bond acceptors (Lipinski definition) is 8. The Hall–Kier alpha value is -4.29. The van der Waals surface area contributed by atoms with Crippen LogP contribution in [0.4, 0.5) is 11.4 Å². The molecule has 1 aliphatic rings. The molecule has 0 aliphatic carbocycles. The average Bonchev–Trinajstić information content (AvgIpc) is 2.88. The minimum atomic E-state index is -1.80. The van der Waals surface area contributed by atoms with Gasteiger partial charge in [-0.25, -0.2) is 0 Å². The van der Waals surface area contributed by atoms with Crippen LogP contribution in [0.2, 0.25) is 0 Å². The molecule has 2 aromatic carbocycles. The molecule has 3 amide bonds. The lowest BCUT2D eigenvalue weighted by Crippen LogP contribution is -2.55. The number of methoxy groups -OCH3 is 1. The molecule has 0 spiro atoms. The second kappa shape index (κ2) is 11.4. The van der Waals surface area contributed by atoms with E-state index in [1.165, 1.54) is 54.3 Å². The molecule has 5 N–H and O–H groups in total. The highest BCUT2D eigenvalue weighted by Crippen LogP contribution is 2.23. The lowest BCUT2D eigenvalue weighted by molar-refractivity contribution is -0.150. The number of benzene rings is 2. The van der Waals surface area contributed by atoms with Crippen LogP contribution in [0.3, 0.4) is 0 Å². The van der Waals surface area contributed by atoms with Crippen molar-refractivity contribution in [2.45, 2.75) is 12.2 Å². The molecule has 36 heavy (non-hydrogen) atoms. The predicted octanol–water partition coefficient (Wildman–Crippen LogP) is -0.0529. The number of aliphatic hydroxyl groups is 1. The average molecular weight is 498 g/mol. The lowest BCUT2D eigenvalue weighted by atomic mass is 10.1. The minimum Gasteiger partial charge on any atom is -0.468 e. The first-order valence-corrected chi connectivity index (χ1v) is 10.9. The standard InChI is InChI=1S/C24H27N5O7/c1-28(13-18(30)35-2)23(33)15-4-3-5-17(12-15)29-10-11-36-20(24(29)34)19(31)22(32)27-16-8-6-14(7-9-16)21(25)26/h3-9,12,19-20,31H,10-11,13H2,1-2H3,(H3,25,26)(H,27,32)/t19-,20-/m1/s1. The smallest absolute Gasteiger partial charge is 0.325 e. The number of morpholine rings is 1. The number of likely N-dealkylation sites (N-methyl/N-ethyl adjacent to an activating group) is 1. The van der Waals surface area contributed by atoms with Gasteiger partial charge in [0.1, 0.15) is 12.4 Å². The van der Waals surface area contributed by atoms with Crippen LogP contribution in [0.15, 0.2) is 48.5 Å². The first kappa shape index (κ1) is 26.3. The molecule has 190 valence electrons. The number of anilines is 2. The summed E-state index contributed by atoms with van der Waals surface area (Å²) in [5.41, 5.74) is 6.83. The second-order valence-corrected chi connectivity index (χ2v) is 7.99. The molecule has 12 nitrogen and oxygen atoms in total. The Kier molecular flexibility index (Phi) is 8.35. The molecule has 1 fully saturated rings. The van der Waals surface area contributed by atoms with Crippen molar-refractivity contribution in [3.63, 3.8) is 0 Å². The summed E-state index contributed by atoms with van der Waals surface area (Å²) < 4.78 is 9.99. The van der Waals surface area contributed by atoms with Crippen molar-refractivity contribution < 1.29 is 33.8 Å². The van der Waals surface area contributed by atoms with E-state index in [0.717, 1.165) is 0 Å². The van der Waals surface area contributed by atoms with Crippen molar-refractivity contribution in [3.8, 4) is 0 Å². The number of nitrogen functional groups attached to an aromatic ring is 1. The maximum atomic E-state index is 13.1. The fourth-order valence-electron chi connectivity index (χ4n) is 3.53. The van der Waals surface area contributed by atoms with Crippen LogP contribution in [0.25, 0.3) is 0 Å². The summed E-state index contributed by atoms with van der Waals surface area (Å²) in [5, 5.41) is 20.5. The summed E-state index contributed by atoms with van der Waals surface area (Å²) in [6.45, 7) is -0.0444. The quantitative estimate of drug-likeness (QED) is 0.223. The van der Waals surface area contributed by atoms with Crippen LogP contribution in [0.5, 0.6) is 0 Å². The van der Waals surface area contributed by atoms with E-state index >= 15 is 0 Å². The van der Waals surface area contributed by atoms with Gasteiger partial charge < -0.3 is 35.4 Å². The van der Waals surface area contributed by atoms with E-state index in [1.54, 1.807) is 18.2 Å². The summed E-state index contributed by atoms with van der Waals surface area (Å²) >= 11 is 0. The van der Waals surface area contributed by atoms with Crippen LogP contribution in [0, 0.1) is 5.41 Å². The maximum absolute atomic E-state index is 13.1. The first-order chi connectivity index (χ1) is 17.1. The van der Waals surface area contributed by atoms with Crippen LogP contribution in [-0.2, 0) is 23.9 Å². The van der Waals surface area contributed by atoms with Gasteiger partial charge in [-0.3, -0.25) is 24.6 Å². The summed E-state index contributed by atoms with van der Waals surface area (Å²) in [4.78, 5) is 52.4. The molecule has 0 bridgehead atoms. The normalized spacial score (nSPS) is 16.1. The van der Waals surface area contributed by atoms with E-state index in [1.807, 2.05) is 0 Å². The number of amidine groups is 1. The molecule has 12 heteroatoms. The van der Waals surface area contributed by atoms with Crippen LogP contribution >= 0.6 is 0 Å². The van der Waals surface area contributed by atoms with Gasteiger partial charge in [-0.15, -0.1) is 0 Å². The number of nitrogens with zero attached hydrogens (tertiary/aromatic N) is 2. The fourth-order valence-corrected chi connectivity index (χ4v) is 3.53. The Bertz CT molecular complexity index is 1170. The third-order valence-electron chi connectivity index (χ3n) is 5.49. The van der Waals surface area contributed by atoms with Crippen molar-refractivity contribution in [3.05, 3.63) is 59.7 Å². The van der Waals surface area contributed by atoms with Gasteiger partial charge in [0, 0.05) is 36.1 Å². The Morgan fingerprint density at radius 3 is 2.58 bits per heavy atom. The number of carbonyl (C=O) groups is 4. The van der Waals surface area contributed by atoms with Crippen molar-refractivity contribution in [2.24, 2.45) is 5.73 Å². The van der Waals surface area contributed by atoms with E-state index in [2.05, 4.69) is 10.1 Å². The largest absolute Gasteiger partial charge is 0.468 e. The van der Waals surface area contributed by atoms with Crippen molar-refractivity contribution in [1.29, 1.82) is 5.41 Å².